The van der Waals surface area contributed by atoms with Gasteiger partial charge in [-0.2, -0.15) is 0 Å². The Balaban J connectivity index is 1.99. The Morgan fingerprint density at radius 1 is 1.06 bits per heavy atom. The maximum atomic E-state index is 11.9. The highest BCUT2D eigenvalue weighted by Crippen LogP contribution is 2.31. The Hall–Kier alpha value is -3.54. The van der Waals surface area contributed by atoms with Gasteiger partial charge in [0.1, 0.15) is 5.75 Å². The molecule has 0 aliphatic carbocycles. The Bertz CT molecular complexity index is 1190. The van der Waals surface area contributed by atoms with Crippen LogP contribution in [-0.4, -0.2) is 49.7 Å². The molecule has 0 radical (unpaired) electrons. The van der Waals surface area contributed by atoms with Crippen LogP contribution in [-0.2, 0) is 16.0 Å². The number of hydrogen-bond acceptors (Lipinski definition) is 4. The first-order valence-corrected chi connectivity index (χ1v) is 11.0. The summed E-state index contributed by atoms with van der Waals surface area (Å²) >= 11 is 0. The number of methoxy groups -OCH3 is 2. The second-order valence-corrected chi connectivity index (χ2v) is 8.52. The summed E-state index contributed by atoms with van der Waals surface area (Å²) in [5, 5.41) is 1.16. The maximum Gasteiger partial charge on any atom is 0.337 e. The summed E-state index contributed by atoms with van der Waals surface area (Å²) in [6.45, 7) is 4.32. The number of ether oxygens (including phenoxy) is 2. The lowest BCUT2D eigenvalue weighted by atomic mass is 10.0. The molecule has 0 aliphatic heterocycles. The molecule has 6 heteroatoms. The van der Waals surface area contributed by atoms with Crippen LogP contribution in [0.2, 0.25) is 0 Å². The number of amides is 1. The number of aromatic nitrogens is 1. The summed E-state index contributed by atoms with van der Waals surface area (Å²) in [6, 6.07) is 12.1. The normalized spacial score (nSPS) is 11.4. The van der Waals surface area contributed by atoms with Crippen molar-refractivity contribution in [1.29, 1.82) is 0 Å². The molecule has 0 fully saturated rings. The fraction of sp³-hybridized carbons (Fsp3) is 0.333. The molecular formula is C27H32N2O4. The number of carbonyl (C=O) groups excluding carboxylic acids is 2. The maximum absolute atomic E-state index is 11.9. The minimum atomic E-state index is -0.388. The minimum absolute atomic E-state index is 0.0708. The lowest BCUT2D eigenvalue weighted by Crippen LogP contribution is -2.20. The van der Waals surface area contributed by atoms with Gasteiger partial charge < -0.3 is 18.9 Å². The molecule has 0 saturated heterocycles. The van der Waals surface area contributed by atoms with Crippen LogP contribution in [0.1, 0.15) is 53.4 Å². The van der Waals surface area contributed by atoms with Gasteiger partial charge in [-0.05, 0) is 54.8 Å². The Labute approximate surface area is 195 Å². The third-order valence-corrected chi connectivity index (χ3v) is 5.69. The van der Waals surface area contributed by atoms with Crippen molar-refractivity contribution in [2.24, 2.45) is 0 Å². The van der Waals surface area contributed by atoms with E-state index in [1.54, 1.807) is 38.2 Å². The molecule has 0 saturated carbocycles. The average Bonchev–Trinajstić information content (AvgIpc) is 3.16. The SMILES string of the molecule is COC(=O)c1ccc(Cc2cn(C(C)C)c3ccc(C=CCC(=O)N(C)C)cc23)c(OC)c1. The summed E-state index contributed by atoms with van der Waals surface area (Å²) in [5.74, 6) is 0.337. The first-order chi connectivity index (χ1) is 15.7. The van der Waals surface area contributed by atoms with E-state index in [1.165, 1.54) is 12.7 Å². The van der Waals surface area contributed by atoms with Crippen molar-refractivity contribution < 1.29 is 19.1 Å². The van der Waals surface area contributed by atoms with Crippen molar-refractivity contribution in [2.75, 3.05) is 28.3 Å². The van der Waals surface area contributed by atoms with E-state index in [0.29, 0.717) is 30.2 Å². The van der Waals surface area contributed by atoms with E-state index in [2.05, 4.69) is 42.8 Å². The average molecular weight is 449 g/mol. The number of nitrogens with zero attached hydrogens (tertiary/aromatic N) is 2. The van der Waals surface area contributed by atoms with E-state index in [1.807, 2.05) is 18.2 Å². The van der Waals surface area contributed by atoms with Gasteiger partial charge >= 0.3 is 5.97 Å². The van der Waals surface area contributed by atoms with Crippen molar-refractivity contribution in [1.82, 2.24) is 9.47 Å². The topological polar surface area (TPSA) is 60.8 Å². The zero-order chi connectivity index (χ0) is 24.1. The van der Waals surface area contributed by atoms with Crippen LogP contribution in [0.25, 0.3) is 17.0 Å². The number of rotatable bonds is 8. The van der Waals surface area contributed by atoms with Crippen LogP contribution in [0.3, 0.4) is 0 Å². The van der Waals surface area contributed by atoms with Crippen molar-refractivity contribution in [3.8, 4) is 5.75 Å². The highest BCUT2D eigenvalue weighted by Gasteiger charge is 2.15. The molecule has 33 heavy (non-hydrogen) atoms. The van der Waals surface area contributed by atoms with Crippen LogP contribution in [0.4, 0.5) is 0 Å². The van der Waals surface area contributed by atoms with Gasteiger partial charge in [-0.3, -0.25) is 4.79 Å². The second-order valence-electron chi connectivity index (χ2n) is 8.52. The molecule has 3 aromatic rings. The van der Waals surface area contributed by atoms with Crippen molar-refractivity contribution >= 4 is 28.9 Å². The van der Waals surface area contributed by atoms with E-state index in [4.69, 9.17) is 9.47 Å². The summed E-state index contributed by atoms with van der Waals surface area (Å²) < 4.78 is 12.7. The highest BCUT2D eigenvalue weighted by atomic mass is 16.5. The molecular weight excluding hydrogens is 416 g/mol. The predicted octanol–water partition coefficient (Wildman–Crippen LogP) is 5.10. The van der Waals surface area contributed by atoms with Crippen LogP contribution in [0.15, 0.2) is 48.7 Å². The molecule has 3 rings (SSSR count). The first kappa shape index (κ1) is 24.1. The third-order valence-electron chi connectivity index (χ3n) is 5.69. The molecule has 2 aromatic carbocycles. The molecule has 1 heterocycles. The van der Waals surface area contributed by atoms with Crippen molar-refractivity contribution in [3.05, 3.63) is 70.9 Å². The largest absolute Gasteiger partial charge is 0.496 e. The Morgan fingerprint density at radius 3 is 2.45 bits per heavy atom. The fourth-order valence-electron chi connectivity index (χ4n) is 3.83. The summed E-state index contributed by atoms with van der Waals surface area (Å²) in [6.07, 6.45) is 7.11. The Morgan fingerprint density at radius 2 is 1.82 bits per heavy atom. The van der Waals surface area contributed by atoms with Crippen molar-refractivity contribution in [2.45, 2.75) is 32.7 Å². The Kier molecular flexibility index (Phi) is 7.59. The number of carbonyl (C=O) groups is 2. The molecule has 0 unspecified atom stereocenters. The molecule has 0 atom stereocenters. The van der Waals surface area contributed by atoms with Gasteiger partial charge in [0.15, 0.2) is 0 Å². The predicted molar refractivity (Wildman–Crippen MR) is 132 cm³/mol. The standard InChI is InChI=1S/C27H32N2O4/c1-18(2)29-17-22(15-20-11-12-21(27(31)33-6)16-25(20)32-5)23-14-19(10-13-24(23)29)8-7-9-26(30)28(3)4/h7-8,10-14,16-18H,9,15H2,1-6H3. The highest BCUT2D eigenvalue weighted by molar-refractivity contribution is 5.90. The van der Waals surface area contributed by atoms with E-state index < -0.39 is 0 Å². The van der Waals surface area contributed by atoms with Gasteiger partial charge in [0, 0.05) is 50.1 Å². The van der Waals surface area contributed by atoms with Crippen LogP contribution < -0.4 is 4.74 Å². The molecule has 1 amide bonds. The molecule has 0 N–H and O–H groups in total. The number of hydrogen-bond donors (Lipinski definition) is 0. The van der Waals surface area contributed by atoms with Crippen LogP contribution in [0, 0.1) is 0 Å². The monoisotopic (exact) mass is 448 g/mol. The van der Waals surface area contributed by atoms with E-state index in [-0.39, 0.29) is 11.9 Å². The van der Waals surface area contributed by atoms with Gasteiger partial charge in [-0.15, -0.1) is 0 Å². The zero-order valence-electron chi connectivity index (χ0n) is 20.2. The van der Waals surface area contributed by atoms with E-state index >= 15 is 0 Å². The lowest BCUT2D eigenvalue weighted by Gasteiger charge is -2.10. The number of benzene rings is 2. The summed E-state index contributed by atoms with van der Waals surface area (Å²) in [7, 11) is 6.49. The van der Waals surface area contributed by atoms with Gasteiger partial charge in [-0.25, -0.2) is 4.79 Å². The quantitative estimate of drug-likeness (QED) is 0.450. The fourth-order valence-corrected chi connectivity index (χ4v) is 3.83. The molecule has 0 bridgehead atoms. The van der Waals surface area contributed by atoms with Crippen LogP contribution >= 0.6 is 0 Å². The smallest absolute Gasteiger partial charge is 0.337 e. The molecule has 1 aromatic heterocycles. The van der Waals surface area contributed by atoms with E-state index in [0.717, 1.165) is 22.0 Å². The number of esters is 1. The van der Waals surface area contributed by atoms with Crippen LogP contribution in [0.5, 0.6) is 5.75 Å². The summed E-state index contributed by atoms with van der Waals surface area (Å²) in [5.41, 5.74) is 4.83. The molecule has 0 aliphatic rings. The van der Waals surface area contributed by atoms with Gasteiger partial charge in [-0.1, -0.05) is 24.3 Å². The van der Waals surface area contributed by atoms with Crippen molar-refractivity contribution in [3.63, 3.8) is 0 Å². The zero-order valence-corrected chi connectivity index (χ0v) is 20.2. The van der Waals surface area contributed by atoms with Gasteiger partial charge in [0.05, 0.1) is 19.8 Å². The minimum Gasteiger partial charge on any atom is -0.496 e. The second kappa shape index (κ2) is 10.4. The molecule has 0 spiro atoms. The molecule has 6 nitrogen and oxygen atoms in total. The number of fused-ring (bicyclic) bond motifs is 1. The molecule has 174 valence electrons. The van der Waals surface area contributed by atoms with Gasteiger partial charge in [0.2, 0.25) is 5.91 Å². The van der Waals surface area contributed by atoms with Gasteiger partial charge in [0.25, 0.3) is 0 Å². The third kappa shape index (κ3) is 5.45. The summed E-state index contributed by atoms with van der Waals surface area (Å²) in [4.78, 5) is 25.3. The lowest BCUT2D eigenvalue weighted by molar-refractivity contribution is -0.127. The first-order valence-electron chi connectivity index (χ1n) is 11.0. The van der Waals surface area contributed by atoms with E-state index in [9.17, 15) is 9.59 Å².